The summed E-state index contributed by atoms with van der Waals surface area (Å²) in [5, 5.41) is 9.89. The largest absolute Gasteiger partial charge is 0.504 e. The molecule has 0 amide bonds. The van der Waals surface area contributed by atoms with Crippen LogP contribution < -0.4 is 4.74 Å². The molecular formula is C21H28O5S. The van der Waals surface area contributed by atoms with Crippen molar-refractivity contribution >= 4 is 10.1 Å². The number of hydrogen-bond acceptors (Lipinski definition) is 4. The Morgan fingerprint density at radius 1 is 0.889 bits per heavy atom. The van der Waals surface area contributed by atoms with Crippen molar-refractivity contribution in [3.8, 4) is 17.2 Å². The summed E-state index contributed by atoms with van der Waals surface area (Å²) in [4.78, 5) is -0.377. The molecule has 2 aromatic carbocycles. The minimum absolute atomic E-state index is 0.127. The second-order valence-corrected chi connectivity index (χ2v) is 8.14. The van der Waals surface area contributed by atoms with Crippen molar-refractivity contribution in [1.29, 1.82) is 0 Å². The maximum absolute atomic E-state index is 11.1. The van der Waals surface area contributed by atoms with Gasteiger partial charge in [-0.15, -0.1) is 0 Å². The lowest BCUT2D eigenvalue weighted by Gasteiger charge is -2.09. The lowest BCUT2D eigenvalue weighted by Crippen LogP contribution is -1.97. The van der Waals surface area contributed by atoms with Gasteiger partial charge in [0.05, 0.1) is 4.90 Å². The topological polar surface area (TPSA) is 83.8 Å². The van der Waals surface area contributed by atoms with Crippen molar-refractivity contribution in [2.75, 3.05) is 0 Å². The summed E-state index contributed by atoms with van der Waals surface area (Å²) >= 11 is 0. The van der Waals surface area contributed by atoms with Crippen LogP contribution in [-0.2, 0) is 16.5 Å². The summed E-state index contributed by atoms with van der Waals surface area (Å²) < 4.78 is 36.7. The van der Waals surface area contributed by atoms with Gasteiger partial charge in [-0.2, -0.15) is 8.42 Å². The number of aromatic hydroxyl groups is 1. The third-order valence-electron chi connectivity index (χ3n) is 4.45. The predicted molar refractivity (Wildman–Crippen MR) is 106 cm³/mol. The number of unbranched alkanes of at least 4 members (excludes halogenated alkanes) is 6. The third-order valence-corrected chi connectivity index (χ3v) is 5.30. The first-order valence-corrected chi connectivity index (χ1v) is 10.9. The van der Waals surface area contributed by atoms with Gasteiger partial charge in [0.25, 0.3) is 10.1 Å². The van der Waals surface area contributed by atoms with E-state index in [1.165, 1.54) is 62.6 Å². The molecule has 0 unspecified atom stereocenters. The number of phenolic OH excluding ortho intramolecular Hbond substituents is 1. The molecule has 0 atom stereocenters. The van der Waals surface area contributed by atoms with Crippen molar-refractivity contribution in [3.05, 3.63) is 48.0 Å². The second-order valence-electron chi connectivity index (χ2n) is 6.72. The van der Waals surface area contributed by atoms with E-state index in [2.05, 4.69) is 6.92 Å². The van der Waals surface area contributed by atoms with E-state index in [1.807, 2.05) is 24.3 Å². The van der Waals surface area contributed by atoms with Gasteiger partial charge in [0.15, 0.2) is 11.5 Å². The Bertz CT molecular complexity index is 813. The first-order valence-electron chi connectivity index (χ1n) is 9.47. The van der Waals surface area contributed by atoms with Crippen molar-refractivity contribution in [1.82, 2.24) is 0 Å². The molecule has 0 radical (unpaired) electrons. The number of phenols is 1. The molecule has 0 aliphatic heterocycles. The lowest BCUT2D eigenvalue weighted by molar-refractivity contribution is 0.408. The van der Waals surface area contributed by atoms with Gasteiger partial charge in [-0.05, 0) is 42.7 Å². The Balaban J connectivity index is 1.83. The van der Waals surface area contributed by atoms with Gasteiger partial charge in [-0.1, -0.05) is 57.6 Å². The van der Waals surface area contributed by atoms with Crippen LogP contribution in [0.5, 0.6) is 17.2 Å². The van der Waals surface area contributed by atoms with Gasteiger partial charge in [-0.25, -0.2) is 0 Å². The highest BCUT2D eigenvalue weighted by Gasteiger charge is 2.13. The Kier molecular flexibility index (Phi) is 8.13. The molecule has 5 nitrogen and oxygen atoms in total. The summed E-state index contributed by atoms with van der Waals surface area (Å²) in [6, 6.07) is 11.1. The lowest BCUT2D eigenvalue weighted by atomic mass is 10.0. The molecule has 0 heterocycles. The van der Waals surface area contributed by atoms with E-state index in [0.29, 0.717) is 5.75 Å². The van der Waals surface area contributed by atoms with E-state index < -0.39 is 10.1 Å². The first-order chi connectivity index (χ1) is 12.9. The minimum atomic E-state index is -4.35. The average molecular weight is 393 g/mol. The highest BCUT2D eigenvalue weighted by Crippen LogP contribution is 2.32. The normalized spacial score (nSPS) is 11.5. The number of ether oxygens (including phenoxy) is 1. The molecule has 0 fully saturated rings. The fourth-order valence-corrected chi connectivity index (χ4v) is 3.38. The summed E-state index contributed by atoms with van der Waals surface area (Å²) in [7, 11) is -4.35. The number of hydrogen-bond donors (Lipinski definition) is 2. The van der Waals surface area contributed by atoms with E-state index in [4.69, 9.17) is 9.29 Å². The standard InChI is InChI=1S/C21H28O5S/c1-2-3-4-5-6-7-8-9-17-10-12-18(13-11-17)26-21-15-14-19(16-20(21)22)27(23,24)25/h10-16,22H,2-9H2,1H3,(H,23,24,25). The molecule has 0 saturated heterocycles. The zero-order valence-corrected chi connectivity index (χ0v) is 16.5. The average Bonchev–Trinajstić information content (AvgIpc) is 2.63. The molecule has 0 bridgehead atoms. The second kappa shape index (κ2) is 10.3. The fourth-order valence-electron chi connectivity index (χ4n) is 2.88. The zero-order chi connectivity index (χ0) is 19.7. The summed E-state index contributed by atoms with van der Waals surface area (Å²) in [5.41, 5.74) is 1.24. The molecule has 2 aromatic rings. The van der Waals surface area contributed by atoms with Crippen LogP contribution in [0.3, 0.4) is 0 Å². The molecule has 148 valence electrons. The Labute approximate surface area is 161 Å². The summed E-state index contributed by atoms with van der Waals surface area (Å²) in [6.45, 7) is 2.23. The molecule has 6 heteroatoms. The fraction of sp³-hybridized carbons (Fsp3) is 0.429. The molecule has 0 spiro atoms. The highest BCUT2D eigenvalue weighted by atomic mass is 32.2. The van der Waals surface area contributed by atoms with Crippen LogP contribution in [-0.4, -0.2) is 18.1 Å². The minimum Gasteiger partial charge on any atom is -0.504 e. The Morgan fingerprint density at radius 3 is 2.11 bits per heavy atom. The SMILES string of the molecule is CCCCCCCCCc1ccc(Oc2ccc(S(=O)(=O)O)cc2O)cc1. The van der Waals surface area contributed by atoms with Crippen molar-refractivity contribution in [2.24, 2.45) is 0 Å². The van der Waals surface area contributed by atoms with Crippen LogP contribution in [0.1, 0.15) is 57.4 Å². The number of aryl methyl sites for hydroxylation is 1. The molecule has 2 rings (SSSR count). The van der Waals surface area contributed by atoms with Gasteiger partial charge in [0.1, 0.15) is 5.75 Å². The van der Waals surface area contributed by atoms with Crippen molar-refractivity contribution in [2.45, 2.75) is 63.2 Å². The molecular weight excluding hydrogens is 364 g/mol. The quantitative estimate of drug-likeness (QED) is 0.377. The molecule has 0 saturated carbocycles. The van der Waals surface area contributed by atoms with E-state index >= 15 is 0 Å². The van der Waals surface area contributed by atoms with Crippen LogP contribution >= 0.6 is 0 Å². The molecule has 0 aliphatic carbocycles. The van der Waals surface area contributed by atoms with Gasteiger partial charge in [-0.3, -0.25) is 4.55 Å². The molecule has 2 N–H and O–H groups in total. The van der Waals surface area contributed by atoms with E-state index in [9.17, 15) is 13.5 Å². The monoisotopic (exact) mass is 392 g/mol. The third kappa shape index (κ3) is 7.23. The number of rotatable bonds is 11. The van der Waals surface area contributed by atoms with Crippen LogP contribution in [0.25, 0.3) is 0 Å². The van der Waals surface area contributed by atoms with Crippen LogP contribution in [0.2, 0.25) is 0 Å². The predicted octanol–water partition coefficient (Wildman–Crippen LogP) is 5.72. The van der Waals surface area contributed by atoms with E-state index in [0.717, 1.165) is 12.5 Å². The van der Waals surface area contributed by atoms with E-state index in [-0.39, 0.29) is 16.4 Å². The van der Waals surface area contributed by atoms with Gasteiger partial charge < -0.3 is 9.84 Å². The Morgan fingerprint density at radius 2 is 1.52 bits per heavy atom. The number of benzene rings is 2. The summed E-state index contributed by atoms with van der Waals surface area (Å²) in [5.74, 6) is 0.327. The zero-order valence-electron chi connectivity index (χ0n) is 15.7. The van der Waals surface area contributed by atoms with Gasteiger partial charge in [0.2, 0.25) is 0 Å². The first kappa shape index (κ1) is 21.3. The van der Waals surface area contributed by atoms with Gasteiger partial charge >= 0.3 is 0 Å². The highest BCUT2D eigenvalue weighted by molar-refractivity contribution is 7.85. The van der Waals surface area contributed by atoms with Crippen LogP contribution in [0.15, 0.2) is 47.4 Å². The van der Waals surface area contributed by atoms with E-state index in [1.54, 1.807) is 0 Å². The summed E-state index contributed by atoms with van der Waals surface area (Å²) in [6.07, 6.45) is 10.00. The maximum Gasteiger partial charge on any atom is 0.294 e. The molecule has 0 aromatic heterocycles. The van der Waals surface area contributed by atoms with Crippen molar-refractivity contribution < 1.29 is 22.8 Å². The molecule has 27 heavy (non-hydrogen) atoms. The van der Waals surface area contributed by atoms with Crippen LogP contribution in [0.4, 0.5) is 0 Å². The van der Waals surface area contributed by atoms with Gasteiger partial charge in [0, 0.05) is 6.07 Å². The smallest absolute Gasteiger partial charge is 0.294 e. The van der Waals surface area contributed by atoms with Crippen molar-refractivity contribution in [3.63, 3.8) is 0 Å². The Hall–Kier alpha value is -2.05. The molecule has 0 aliphatic rings. The van der Waals surface area contributed by atoms with Crippen LogP contribution in [0, 0.1) is 0 Å². The maximum atomic E-state index is 11.1.